The van der Waals surface area contributed by atoms with Crippen molar-refractivity contribution < 1.29 is 9.59 Å². The normalized spacial score (nSPS) is 28.2. The molecule has 1 saturated heterocycles. The van der Waals surface area contributed by atoms with Crippen LogP contribution in [0.4, 0.5) is 0 Å². The number of nitrogens with zero attached hydrogens (tertiary/aromatic N) is 3. The lowest BCUT2D eigenvalue weighted by molar-refractivity contribution is -0.131. The molecule has 2 bridgehead atoms. The van der Waals surface area contributed by atoms with Crippen LogP contribution < -0.4 is 10.6 Å². The van der Waals surface area contributed by atoms with Crippen molar-refractivity contribution in [3.8, 4) is 0 Å². The monoisotopic (exact) mass is 451 g/mol. The Kier molecular flexibility index (Phi) is 5.93. The van der Waals surface area contributed by atoms with E-state index in [0.717, 1.165) is 44.3 Å². The average molecular weight is 452 g/mol. The van der Waals surface area contributed by atoms with Gasteiger partial charge >= 0.3 is 0 Å². The Bertz CT molecular complexity index is 1040. The molecule has 0 aromatic carbocycles. The number of hydrogen-bond acceptors (Lipinski definition) is 4. The Hall–Kier alpha value is -2.41. The Morgan fingerprint density at radius 3 is 2.85 bits per heavy atom. The SMILES string of the molecule is CN(C(=O)Cc1cn2c(C(=O)NC[C@@H]3CC[C@@H]4C[C@H]3C4(C)C)cccc2n1)C1CCCNC1. The van der Waals surface area contributed by atoms with E-state index in [2.05, 4.69) is 29.5 Å². The molecule has 1 unspecified atom stereocenters. The lowest BCUT2D eigenvalue weighted by atomic mass is 9.45. The molecule has 2 aromatic heterocycles. The number of rotatable bonds is 6. The van der Waals surface area contributed by atoms with Crippen molar-refractivity contribution in [3.63, 3.8) is 0 Å². The summed E-state index contributed by atoms with van der Waals surface area (Å²) in [5.41, 5.74) is 2.39. The van der Waals surface area contributed by atoms with E-state index in [9.17, 15) is 9.59 Å². The van der Waals surface area contributed by atoms with E-state index >= 15 is 0 Å². The second-order valence-corrected chi connectivity index (χ2v) is 11.0. The molecule has 1 aliphatic heterocycles. The molecule has 4 atom stereocenters. The minimum atomic E-state index is -0.0690. The molecule has 7 nitrogen and oxygen atoms in total. The number of piperidine rings is 1. The van der Waals surface area contributed by atoms with E-state index in [1.807, 2.05) is 40.7 Å². The quantitative estimate of drug-likeness (QED) is 0.708. The molecule has 33 heavy (non-hydrogen) atoms. The summed E-state index contributed by atoms with van der Waals surface area (Å²) in [5, 5.41) is 6.56. The zero-order chi connectivity index (χ0) is 23.2. The van der Waals surface area contributed by atoms with Crippen molar-refractivity contribution in [2.75, 3.05) is 26.7 Å². The second kappa shape index (κ2) is 8.75. The first-order chi connectivity index (χ1) is 15.8. The van der Waals surface area contributed by atoms with E-state index in [-0.39, 0.29) is 24.3 Å². The maximum atomic E-state index is 13.1. The third-order valence-electron chi connectivity index (χ3n) is 8.85. The summed E-state index contributed by atoms with van der Waals surface area (Å²) in [5.74, 6) is 2.14. The molecule has 2 aromatic rings. The molecule has 6 rings (SSSR count). The van der Waals surface area contributed by atoms with Crippen LogP contribution in [0, 0.1) is 23.2 Å². The predicted molar refractivity (Wildman–Crippen MR) is 128 cm³/mol. The van der Waals surface area contributed by atoms with Gasteiger partial charge in [0.25, 0.3) is 5.91 Å². The number of carbonyl (C=O) groups is 2. The van der Waals surface area contributed by atoms with Crippen molar-refractivity contribution in [1.82, 2.24) is 24.9 Å². The third kappa shape index (κ3) is 4.16. The zero-order valence-corrected chi connectivity index (χ0v) is 20.1. The van der Waals surface area contributed by atoms with E-state index in [0.29, 0.717) is 28.4 Å². The van der Waals surface area contributed by atoms with Crippen LogP contribution in [0.25, 0.3) is 5.65 Å². The summed E-state index contributed by atoms with van der Waals surface area (Å²) in [7, 11) is 1.88. The van der Waals surface area contributed by atoms with Gasteiger partial charge in [-0.25, -0.2) is 4.98 Å². The van der Waals surface area contributed by atoms with Gasteiger partial charge in [-0.1, -0.05) is 19.9 Å². The van der Waals surface area contributed by atoms with Gasteiger partial charge in [0, 0.05) is 32.4 Å². The third-order valence-corrected chi connectivity index (χ3v) is 8.85. The Morgan fingerprint density at radius 1 is 1.27 bits per heavy atom. The van der Waals surface area contributed by atoms with Crippen molar-refractivity contribution in [2.45, 2.75) is 58.4 Å². The average Bonchev–Trinajstić information content (AvgIpc) is 3.24. The number of amides is 2. The molecule has 3 heterocycles. The van der Waals surface area contributed by atoms with Gasteiger partial charge in [0.15, 0.2) is 0 Å². The van der Waals surface area contributed by atoms with Crippen LogP contribution in [0.1, 0.15) is 62.1 Å². The summed E-state index contributed by atoms with van der Waals surface area (Å²) in [6, 6.07) is 5.82. The van der Waals surface area contributed by atoms with Crippen LogP contribution in [-0.2, 0) is 11.2 Å². The molecule has 178 valence electrons. The number of imidazole rings is 1. The zero-order valence-electron chi connectivity index (χ0n) is 20.1. The van der Waals surface area contributed by atoms with Gasteiger partial charge in [0.2, 0.25) is 5.91 Å². The van der Waals surface area contributed by atoms with Crippen molar-refractivity contribution in [3.05, 3.63) is 35.8 Å². The second-order valence-electron chi connectivity index (χ2n) is 11.0. The first kappa shape index (κ1) is 22.4. The Labute approximate surface area is 196 Å². The minimum Gasteiger partial charge on any atom is -0.350 e. The maximum Gasteiger partial charge on any atom is 0.268 e. The molecule has 0 radical (unpaired) electrons. The highest BCUT2D eigenvalue weighted by Gasteiger charge is 2.53. The van der Waals surface area contributed by atoms with Crippen LogP contribution in [0.2, 0.25) is 0 Å². The molecular weight excluding hydrogens is 414 g/mol. The molecule has 0 spiro atoms. The molecular formula is C26H37N5O2. The van der Waals surface area contributed by atoms with Crippen LogP contribution >= 0.6 is 0 Å². The predicted octanol–water partition coefficient (Wildman–Crippen LogP) is 2.89. The fourth-order valence-electron chi connectivity index (χ4n) is 6.50. The molecule has 4 aliphatic rings. The molecule has 4 fully saturated rings. The van der Waals surface area contributed by atoms with E-state index in [1.165, 1.54) is 19.3 Å². The van der Waals surface area contributed by atoms with Crippen LogP contribution in [-0.4, -0.2) is 58.8 Å². The van der Waals surface area contributed by atoms with Crippen molar-refractivity contribution in [1.29, 1.82) is 0 Å². The van der Waals surface area contributed by atoms with E-state index < -0.39 is 0 Å². The summed E-state index contributed by atoms with van der Waals surface area (Å²) in [6.07, 6.45) is 8.02. The van der Waals surface area contributed by atoms with Crippen LogP contribution in [0.5, 0.6) is 0 Å². The maximum absolute atomic E-state index is 13.1. The fraction of sp³-hybridized carbons (Fsp3) is 0.654. The van der Waals surface area contributed by atoms with Gasteiger partial charge in [0.1, 0.15) is 11.3 Å². The minimum absolute atomic E-state index is 0.0665. The Morgan fingerprint density at radius 2 is 2.12 bits per heavy atom. The fourth-order valence-corrected chi connectivity index (χ4v) is 6.50. The van der Waals surface area contributed by atoms with Gasteiger partial charge in [-0.15, -0.1) is 0 Å². The number of aromatic nitrogens is 2. The van der Waals surface area contributed by atoms with Gasteiger partial charge in [-0.2, -0.15) is 0 Å². The molecule has 3 aliphatic carbocycles. The lowest BCUT2D eigenvalue weighted by Gasteiger charge is -2.60. The first-order valence-corrected chi connectivity index (χ1v) is 12.6. The first-order valence-electron chi connectivity index (χ1n) is 12.6. The van der Waals surface area contributed by atoms with Gasteiger partial charge in [-0.3, -0.25) is 14.0 Å². The van der Waals surface area contributed by atoms with Crippen molar-refractivity contribution >= 4 is 17.5 Å². The number of hydrogen-bond donors (Lipinski definition) is 2. The number of likely N-dealkylation sites (N-methyl/N-ethyl adjacent to an activating group) is 1. The van der Waals surface area contributed by atoms with Crippen molar-refractivity contribution in [2.24, 2.45) is 23.2 Å². The molecule has 2 amide bonds. The smallest absolute Gasteiger partial charge is 0.268 e. The largest absolute Gasteiger partial charge is 0.350 e. The standard InChI is InChI=1S/C26H37N5O2/c1-26(2)18-10-9-17(21(26)12-18)14-28-25(33)22-7-4-8-23-29-19(16-31(22)23)13-24(32)30(3)20-6-5-11-27-15-20/h4,7-8,16-18,20-21,27H,5-6,9-15H2,1-3H3,(H,28,33)/t17-,18+,20?,21+/m0/s1. The highest BCUT2D eigenvalue weighted by molar-refractivity contribution is 5.93. The van der Waals surface area contributed by atoms with Crippen LogP contribution in [0.3, 0.4) is 0 Å². The van der Waals surface area contributed by atoms with E-state index in [1.54, 1.807) is 0 Å². The number of fused-ring (bicyclic) bond motifs is 3. The summed E-state index contributed by atoms with van der Waals surface area (Å²) < 4.78 is 1.82. The van der Waals surface area contributed by atoms with Crippen LogP contribution in [0.15, 0.2) is 24.4 Å². The molecule has 2 N–H and O–H groups in total. The summed E-state index contributed by atoms with van der Waals surface area (Å²) in [4.78, 5) is 32.4. The number of carbonyl (C=O) groups excluding carboxylic acids is 2. The summed E-state index contributed by atoms with van der Waals surface area (Å²) in [6.45, 7) is 7.37. The topological polar surface area (TPSA) is 78.7 Å². The van der Waals surface area contributed by atoms with E-state index in [4.69, 9.17) is 0 Å². The summed E-state index contributed by atoms with van der Waals surface area (Å²) >= 11 is 0. The van der Waals surface area contributed by atoms with Gasteiger partial charge in [0.05, 0.1) is 12.1 Å². The number of nitrogens with one attached hydrogen (secondary N) is 2. The molecule has 7 heteroatoms. The van der Waals surface area contributed by atoms with Gasteiger partial charge in [-0.05, 0) is 74.0 Å². The molecule has 3 saturated carbocycles. The van der Waals surface area contributed by atoms with Gasteiger partial charge < -0.3 is 15.5 Å². The highest BCUT2D eigenvalue weighted by Crippen LogP contribution is 2.61. The highest BCUT2D eigenvalue weighted by atomic mass is 16.2. The number of pyridine rings is 1. The lowest BCUT2D eigenvalue weighted by Crippen LogP contribution is -2.54. The Balaban J connectivity index is 1.24.